The zero-order chi connectivity index (χ0) is 18.0. The van der Waals surface area contributed by atoms with Crippen LogP contribution in [0.2, 0.25) is 0 Å². The average Bonchev–Trinajstić information content (AvgIpc) is 2.91. The molecular formula is C16H21F3N2O3. The maximum atomic E-state index is 12.7. The van der Waals surface area contributed by atoms with Gasteiger partial charge in [0.25, 0.3) is 0 Å². The van der Waals surface area contributed by atoms with Gasteiger partial charge in [-0.05, 0) is 39.7 Å². The van der Waals surface area contributed by atoms with Gasteiger partial charge in [-0.15, -0.1) is 0 Å². The first-order valence-corrected chi connectivity index (χ1v) is 7.71. The Kier molecular flexibility index (Phi) is 5.25. The van der Waals surface area contributed by atoms with Gasteiger partial charge < -0.3 is 14.4 Å². The highest BCUT2D eigenvalue weighted by Crippen LogP contribution is 2.31. The Hall–Kier alpha value is -1.99. The third kappa shape index (κ3) is 5.01. The lowest BCUT2D eigenvalue weighted by atomic mass is 10.2. The van der Waals surface area contributed by atoms with Crippen LogP contribution in [0.15, 0.2) is 18.5 Å². The molecule has 1 amide bonds. The molecule has 0 saturated carbocycles. The van der Waals surface area contributed by atoms with Crippen molar-refractivity contribution in [3.63, 3.8) is 0 Å². The molecule has 2 heterocycles. The first-order chi connectivity index (χ1) is 11.1. The van der Waals surface area contributed by atoms with Gasteiger partial charge in [0.15, 0.2) is 0 Å². The molecule has 0 unspecified atom stereocenters. The van der Waals surface area contributed by atoms with Crippen LogP contribution in [-0.4, -0.2) is 40.8 Å². The fraction of sp³-hybridized carbons (Fsp3) is 0.625. The monoisotopic (exact) mass is 346 g/mol. The zero-order valence-corrected chi connectivity index (χ0v) is 13.9. The van der Waals surface area contributed by atoms with Gasteiger partial charge in [0.2, 0.25) is 0 Å². The third-order valence-corrected chi connectivity index (χ3v) is 3.49. The standard InChI is InChI=1S/C16H21F3N2O3/c1-15(2,3)24-14(22)21-6-4-5-12(21)10-23-13-7-11(8-20-9-13)16(17,18)19/h7-9,12H,4-6,10H2,1-3H3/t12-/m1/s1. The smallest absolute Gasteiger partial charge is 0.418 e. The number of aromatic nitrogens is 1. The summed E-state index contributed by atoms with van der Waals surface area (Å²) in [5, 5.41) is 0. The second-order valence-corrected chi connectivity index (χ2v) is 6.69. The summed E-state index contributed by atoms with van der Waals surface area (Å²) in [5.74, 6) is 0.0286. The number of hydrogen-bond donors (Lipinski definition) is 0. The maximum absolute atomic E-state index is 12.7. The molecule has 1 aromatic rings. The molecule has 1 fully saturated rings. The normalized spacial score (nSPS) is 18.6. The Labute approximate surface area is 138 Å². The first kappa shape index (κ1) is 18.4. The minimum absolute atomic E-state index is 0.0286. The molecule has 1 aliphatic rings. The number of likely N-dealkylation sites (tertiary alicyclic amines) is 1. The average molecular weight is 346 g/mol. The number of alkyl halides is 3. The van der Waals surface area contributed by atoms with Crippen molar-refractivity contribution in [3.8, 4) is 5.75 Å². The summed E-state index contributed by atoms with van der Waals surface area (Å²) in [7, 11) is 0. The van der Waals surface area contributed by atoms with E-state index < -0.39 is 23.4 Å². The van der Waals surface area contributed by atoms with Crippen LogP contribution in [0.25, 0.3) is 0 Å². The molecule has 1 saturated heterocycles. The van der Waals surface area contributed by atoms with E-state index in [1.165, 1.54) is 6.20 Å². The lowest BCUT2D eigenvalue weighted by Gasteiger charge is -2.28. The van der Waals surface area contributed by atoms with Crippen molar-refractivity contribution in [1.29, 1.82) is 0 Å². The molecule has 134 valence electrons. The molecule has 0 spiro atoms. The summed E-state index contributed by atoms with van der Waals surface area (Å²) in [6, 6.07) is 0.675. The number of carbonyl (C=O) groups excluding carboxylic acids is 1. The number of pyridine rings is 1. The van der Waals surface area contributed by atoms with Crippen molar-refractivity contribution in [2.24, 2.45) is 0 Å². The van der Waals surface area contributed by atoms with Crippen molar-refractivity contribution < 1.29 is 27.4 Å². The molecule has 5 nitrogen and oxygen atoms in total. The molecule has 0 N–H and O–H groups in total. The highest BCUT2D eigenvalue weighted by atomic mass is 19.4. The van der Waals surface area contributed by atoms with E-state index in [4.69, 9.17) is 9.47 Å². The highest BCUT2D eigenvalue weighted by Gasteiger charge is 2.33. The van der Waals surface area contributed by atoms with Gasteiger partial charge in [-0.1, -0.05) is 0 Å². The van der Waals surface area contributed by atoms with Crippen LogP contribution in [0.3, 0.4) is 0 Å². The van der Waals surface area contributed by atoms with E-state index in [1.54, 1.807) is 25.7 Å². The summed E-state index contributed by atoms with van der Waals surface area (Å²) in [6.07, 6.45) is -1.42. The van der Waals surface area contributed by atoms with E-state index >= 15 is 0 Å². The second-order valence-electron chi connectivity index (χ2n) is 6.69. The van der Waals surface area contributed by atoms with Gasteiger partial charge in [-0.2, -0.15) is 13.2 Å². The Morgan fingerprint density at radius 1 is 1.33 bits per heavy atom. The number of halogens is 3. The van der Waals surface area contributed by atoms with Gasteiger partial charge in [-0.3, -0.25) is 4.98 Å². The van der Waals surface area contributed by atoms with Gasteiger partial charge in [0, 0.05) is 12.7 Å². The van der Waals surface area contributed by atoms with E-state index in [2.05, 4.69) is 4.98 Å². The number of ether oxygens (including phenoxy) is 2. The van der Waals surface area contributed by atoms with Crippen molar-refractivity contribution in [3.05, 3.63) is 24.0 Å². The molecule has 1 aliphatic heterocycles. The van der Waals surface area contributed by atoms with Gasteiger partial charge >= 0.3 is 12.3 Å². The molecule has 8 heteroatoms. The Balaban J connectivity index is 1.97. The van der Waals surface area contributed by atoms with Gasteiger partial charge in [0.05, 0.1) is 17.8 Å². The number of carbonyl (C=O) groups is 1. The van der Waals surface area contributed by atoms with Crippen molar-refractivity contribution in [2.75, 3.05) is 13.2 Å². The van der Waals surface area contributed by atoms with Crippen LogP contribution in [0, 0.1) is 0 Å². The quantitative estimate of drug-likeness (QED) is 0.833. The highest BCUT2D eigenvalue weighted by molar-refractivity contribution is 5.69. The minimum atomic E-state index is -4.47. The Bertz CT molecular complexity index is 585. The van der Waals surface area contributed by atoms with E-state index in [0.29, 0.717) is 13.0 Å². The predicted molar refractivity (Wildman–Crippen MR) is 80.7 cm³/mol. The van der Waals surface area contributed by atoms with Gasteiger partial charge in [-0.25, -0.2) is 4.79 Å². The van der Waals surface area contributed by atoms with Crippen LogP contribution < -0.4 is 4.74 Å². The molecule has 0 bridgehead atoms. The van der Waals surface area contributed by atoms with E-state index in [1.807, 2.05) is 0 Å². The summed E-state index contributed by atoms with van der Waals surface area (Å²) in [5.41, 5.74) is -1.47. The summed E-state index contributed by atoms with van der Waals surface area (Å²) < 4.78 is 48.8. The van der Waals surface area contributed by atoms with E-state index in [-0.39, 0.29) is 18.4 Å². The lowest BCUT2D eigenvalue weighted by molar-refractivity contribution is -0.137. The second kappa shape index (κ2) is 6.86. The van der Waals surface area contributed by atoms with E-state index in [0.717, 1.165) is 18.7 Å². The third-order valence-electron chi connectivity index (χ3n) is 3.49. The maximum Gasteiger partial charge on any atom is 0.418 e. The Morgan fingerprint density at radius 3 is 2.67 bits per heavy atom. The lowest BCUT2D eigenvalue weighted by Crippen LogP contribution is -2.42. The Morgan fingerprint density at radius 2 is 2.04 bits per heavy atom. The number of nitrogens with zero attached hydrogens (tertiary/aromatic N) is 2. The van der Waals surface area contributed by atoms with Crippen LogP contribution in [0.1, 0.15) is 39.2 Å². The molecule has 0 aliphatic carbocycles. The molecule has 0 radical (unpaired) electrons. The summed E-state index contributed by atoms with van der Waals surface area (Å²) in [4.78, 5) is 17.3. The molecular weight excluding hydrogens is 325 g/mol. The topological polar surface area (TPSA) is 51.7 Å². The van der Waals surface area contributed by atoms with Crippen LogP contribution >= 0.6 is 0 Å². The number of rotatable bonds is 3. The zero-order valence-electron chi connectivity index (χ0n) is 13.9. The number of hydrogen-bond acceptors (Lipinski definition) is 4. The largest absolute Gasteiger partial charge is 0.490 e. The predicted octanol–water partition coefficient (Wildman–Crippen LogP) is 3.88. The molecule has 2 rings (SSSR count). The van der Waals surface area contributed by atoms with Crippen LogP contribution in [0.4, 0.5) is 18.0 Å². The van der Waals surface area contributed by atoms with Crippen LogP contribution in [0.5, 0.6) is 5.75 Å². The molecule has 1 atom stereocenters. The number of amides is 1. The molecule has 1 aromatic heterocycles. The fourth-order valence-electron chi connectivity index (χ4n) is 2.42. The van der Waals surface area contributed by atoms with Crippen molar-refractivity contribution in [2.45, 2.75) is 51.4 Å². The molecule has 0 aromatic carbocycles. The van der Waals surface area contributed by atoms with Crippen molar-refractivity contribution >= 4 is 6.09 Å². The summed E-state index contributed by atoms with van der Waals surface area (Å²) in [6.45, 7) is 5.98. The first-order valence-electron chi connectivity index (χ1n) is 7.71. The molecule has 24 heavy (non-hydrogen) atoms. The summed E-state index contributed by atoms with van der Waals surface area (Å²) >= 11 is 0. The van der Waals surface area contributed by atoms with E-state index in [9.17, 15) is 18.0 Å². The SMILES string of the molecule is CC(C)(C)OC(=O)N1CCC[C@@H]1COc1cncc(C(F)(F)F)c1. The van der Waals surface area contributed by atoms with Crippen molar-refractivity contribution in [1.82, 2.24) is 9.88 Å². The fourth-order valence-corrected chi connectivity index (χ4v) is 2.42. The van der Waals surface area contributed by atoms with Crippen LogP contribution in [-0.2, 0) is 10.9 Å². The minimum Gasteiger partial charge on any atom is -0.490 e. The van der Waals surface area contributed by atoms with Gasteiger partial charge in [0.1, 0.15) is 18.0 Å².